The van der Waals surface area contributed by atoms with Crippen LogP contribution in [-0.2, 0) is 12.8 Å². The van der Waals surface area contributed by atoms with E-state index in [2.05, 4.69) is 46.6 Å². The fraction of sp³-hybridized carbons (Fsp3) is 0.667. The lowest BCUT2D eigenvalue weighted by Crippen LogP contribution is -2.30. The van der Waals surface area contributed by atoms with Crippen molar-refractivity contribution in [1.82, 2.24) is 15.5 Å². The Kier molecular flexibility index (Phi) is 9.02. The van der Waals surface area contributed by atoms with E-state index in [4.69, 9.17) is 4.52 Å². The SMILES string of the molecule is CCCCCCCCCCc1ccc(-c2noc(CC3CCCNC3)n2)cc1. The first-order valence-electron chi connectivity index (χ1n) is 11.5. The van der Waals surface area contributed by atoms with Gasteiger partial charge in [0.1, 0.15) is 0 Å². The third kappa shape index (κ3) is 7.05. The molecule has 4 heteroatoms. The van der Waals surface area contributed by atoms with Crippen LogP contribution in [0.4, 0.5) is 0 Å². The standard InChI is InChI=1S/C24H37N3O/c1-2-3-4-5-6-7-8-9-11-20-13-15-22(16-14-20)24-26-23(28-27-24)18-21-12-10-17-25-19-21/h13-16,21,25H,2-12,17-19H2,1H3. The minimum Gasteiger partial charge on any atom is -0.339 e. The third-order valence-electron chi connectivity index (χ3n) is 5.86. The first-order valence-corrected chi connectivity index (χ1v) is 11.5. The highest BCUT2D eigenvalue weighted by atomic mass is 16.5. The van der Waals surface area contributed by atoms with Gasteiger partial charge in [-0.2, -0.15) is 4.98 Å². The Morgan fingerprint density at radius 2 is 1.75 bits per heavy atom. The van der Waals surface area contributed by atoms with Crippen molar-refractivity contribution in [3.8, 4) is 11.4 Å². The molecule has 2 heterocycles. The molecule has 0 radical (unpaired) electrons. The van der Waals surface area contributed by atoms with Crippen LogP contribution >= 0.6 is 0 Å². The van der Waals surface area contributed by atoms with E-state index in [0.29, 0.717) is 5.92 Å². The number of rotatable bonds is 12. The highest BCUT2D eigenvalue weighted by Crippen LogP contribution is 2.21. The van der Waals surface area contributed by atoms with Crippen LogP contribution in [-0.4, -0.2) is 23.2 Å². The van der Waals surface area contributed by atoms with Crippen molar-refractivity contribution < 1.29 is 4.52 Å². The number of hydrogen-bond donors (Lipinski definition) is 1. The number of benzene rings is 1. The van der Waals surface area contributed by atoms with Crippen molar-refractivity contribution >= 4 is 0 Å². The average molecular weight is 384 g/mol. The molecule has 3 rings (SSSR count). The first-order chi connectivity index (χ1) is 13.8. The number of piperidine rings is 1. The molecule has 0 bridgehead atoms. The lowest BCUT2D eigenvalue weighted by atomic mass is 9.96. The van der Waals surface area contributed by atoms with Gasteiger partial charge in [0, 0.05) is 12.0 Å². The van der Waals surface area contributed by atoms with Gasteiger partial charge >= 0.3 is 0 Å². The van der Waals surface area contributed by atoms with E-state index in [1.807, 2.05) is 0 Å². The summed E-state index contributed by atoms with van der Waals surface area (Å²) < 4.78 is 5.49. The van der Waals surface area contributed by atoms with Crippen molar-refractivity contribution in [2.75, 3.05) is 13.1 Å². The molecule has 2 aromatic rings. The molecule has 0 amide bonds. The summed E-state index contributed by atoms with van der Waals surface area (Å²) in [4.78, 5) is 4.62. The van der Waals surface area contributed by atoms with E-state index in [1.54, 1.807) is 0 Å². The third-order valence-corrected chi connectivity index (χ3v) is 5.86. The van der Waals surface area contributed by atoms with Crippen molar-refractivity contribution in [2.45, 2.75) is 84.0 Å². The van der Waals surface area contributed by atoms with Crippen LogP contribution in [0.3, 0.4) is 0 Å². The van der Waals surface area contributed by atoms with Crippen LogP contribution in [0, 0.1) is 5.92 Å². The maximum atomic E-state index is 5.49. The van der Waals surface area contributed by atoms with Crippen LogP contribution in [0.15, 0.2) is 28.8 Å². The normalized spacial score (nSPS) is 17.1. The molecule has 0 spiro atoms. The number of nitrogens with one attached hydrogen (secondary N) is 1. The van der Waals surface area contributed by atoms with E-state index in [0.717, 1.165) is 36.8 Å². The lowest BCUT2D eigenvalue weighted by molar-refractivity contribution is 0.316. The van der Waals surface area contributed by atoms with Crippen LogP contribution in [0.25, 0.3) is 11.4 Å². The second-order valence-corrected chi connectivity index (χ2v) is 8.35. The molecule has 1 N–H and O–H groups in total. The summed E-state index contributed by atoms with van der Waals surface area (Å²) in [7, 11) is 0. The van der Waals surface area contributed by atoms with Gasteiger partial charge in [-0.05, 0) is 50.3 Å². The second-order valence-electron chi connectivity index (χ2n) is 8.35. The Balaban J connectivity index is 1.38. The van der Waals surface area contributed by atoms with Gasteiger partial charge in [-0.25, -0.2) is 0 Å². The Bertz CT molecular complexity index is 659. The summed E-state index contributed by atoms with van der Waals surface area (Å²) in [6.45, 7) is 4.47. The monoisotopic (exact) mass is 383 g/mol. The molecule has 1 fully saturated rings. The number of aryl methyl sites for hydroxylation is 1. The molecule has 1 aromatic carbocycles. The predicted octanol–water partition coefficient (Wildman–Crippen LogP) is 5.96. The van der Waals surface area contributed by atoms with Gasteiger partial charge in [0.05, 0.1) is 0 Å². The molecule has 1 aromatic heterocycles. The zero-order valence-corrected chi connectivity index (χ0v) is 17.6. The molecule has 154 valence electrons. The van der Waals surface area contributed by atoms with E-state index in [9.17, 15) is 0 Å². The molecule has 0 aliphatic carbocycles. The van der Waals surface area contributed by atoms with Gasteiger partial charge < -0.3 is 9.84 Å². The summed E-state index contributed by atoms with van der Waals surface area (Å²) in [5.74, 6) is 2.11. The molecule has 4 nitrogen and oxygen atoms in total. The van der Waals surface area contributed by atoms with Gasteiger partial charge in [0.15, 0.2) is 0 Å². The van der Waals surface area contributed by atoms with Crippen molar-refractivity contribution in [3.63, 3.8) is 0 Å². The van der Waals surface area contributed by atoms with Crippen LogP contribution < -0.4 is 5.32 Å². The highest BCUT2D eigenvalue weighted by Gasteiger charge is 2.17. The molecule has 28 heavy (non-hydrogen) atoms. The number of nitrogens with zero attached hydrogens (tertiary/aromatic N) is 2. The topological polar surface area (TPSA) is 51.0 Å². The largest absolute Gasteiger partial charge is 0.339 e. The lowest BCUT2D eigenvalue weighted by Gasteiger charge is -2.20. The zero-order valence-electron chi connectivity index (χ0n) is 17.6. The molecular formula is C24H37N3O. The van der Waals surface area contributed by atoms with E-state index < -0.39 is 0 Å². The summed E-state index contributed by atoms with van der Waals surface area (Å²) in [6, 6.07) is 8.71. The van der Waals surface area contributed by atoms with Gasteiger partial charge in [-0.3, -0.25) is 0 Å². The van der Waals surface area contributed by atoms with Crippen molar-refractivity contribution in [3.05, 3.63) is 35.7 Å². The molecule has 1 unspecified atom stereocenters. The van der Waals surface area contributed by atoms with E-state index in [1.165, 1.54) is 76.2 Å². The number of unbranched alkanes of at least 4 members (excludes halogenated alkanes) is 7. The fourth-order valence-electron chi connectivity index (χ4n) is 4.08. The van der Waals surface area contributed by atoms with Crippen LogP contribution in [0.2, 0.25) is 0 Å². The molecule has 1 aliphatic rings. The summed E-state index contributed by atoms with van der Waals surface area (Å²) in [5.41, 5.74) is 2.46. The van der Waals surface area contributed by atoms with Gasteiger partial charge in [-0.1, -0.05) is 81.3 Å². The number of hydrogen-bond acceptors (Lipinski definition) is 4. The van der Waals surface area contributed by atoms with Crippen molar-refractivity contribution in [1.29, 1.82) is 0 Å². The average Bonchev–Trinajstić information content (AvgIpc) is 3.20. The van der Waals surface area contributed by atoms with Crippen LogP contribution in [0.5, 0.6) is 0 Å². The van der Waals surface area contributed by atoms with E-state index in [-0.39, 0.29) is 0 Å². The summed E-state index contributed by atoms with van der Waals surface area (Å²) in [6.07, 6.45) is 15.5. The first kappa shape index (κ1) is 21.0. The highest BCUT2D eigenvalue weighted by molar-refractivity contribution is 5.54. The van der Waals surface area contributed by atoms with E-state index >= 15 is 0 Å². The summed E-state index contributed by atoms with van der Waals surface area (Å²) in [5, 5.41) is 7.64. The Hall–Kier alpha value is -1.68. The predicted molar refractivity (Wildman–Crippen MR) is 115 cm³/mol. The van der Waals surface area contributed by atoms with Crippen molar-refractivity contribution in [2.24, 2.45) is 5.92 Å². The Morgan fingerprint density at radius 1 is 1.00 bits per heavy atom. The maximum Gasteiger partial charge on any atom is 0.227 e. The Labute approximate surface area is 170 Å². The Morgan fingerprint density at radius 3 is 2.46 bits per heavy atom. The van der Waals surface area contributed by atoms with Gasteiger partial charge in [0.25, 0.3) is 0 Å². The van der Waals surface area contributed by atoms with Gasteiger partial charge in [-0.15, -0.1) is 0 Å². The van der Waals surface area contributed by atoms with Crippen LogP contribution in [0.1, 0.15) is 82.6 Å². The smallest absolute Gasteiger partial charge is 0.227 e. The minimum atomic E-state index is 0.621. The quantitative estimate of drug-likeness (QED) is 0.459. The molecule has 1 aliphatic heterocycles. The minimum absolute atomic E-state index is 0.621. The molecule has 0 saturated carbocycles. The maximum absolute atomic E-state index is 5.49. The molecule has 1 saturated heterocycles. The van der Waals surface area contributed by atoms with Gasteiger partial charge in [0.2, 0.25) is 11.7 Å². The second kappa shape index (κ2) is 12.0. The fourth-order valence-corrected chi connectivity index (χ4v) is 4.08. The molecule has 1 atom stereocenters. The summed E-state index contributed by atoms with van der Waals surface area (Å²) >= 11 is 0. The molecular weight excluding hydrogens is 346 g/mol. The zero-order chi connectivity index (χ0) is 19.4. The number of aromatic nitrogens is 2.